The molecule has 374 valence electrons. The minimum atomic E-state index is -0.702. The highest BCUT2D eigenvalue weighted by molar-refractivity contribution is 6.10. The van der Waals surface area contributed by atoms with Gasteiger partial charge in [-0.1, -0.05) is 27.7 Å². The number of aliphatic imine (C=N–C) groups is 2. The van der Waals surface area contributed by atoms with E-state index in [0.29, 0.717) is 101 Å². The summed E-state index contributed by atoms with van der Waals surface area (Å²) in [7, 11) is 0. The van der Waals surface area contributed by atoms with E-state index in [1.54, 1.807) is 41.6 Å². The largest absolute Gasteiger partial charge is 0.392 e. The Kier molecular flexibility index (Phi) is 17.6. The van der Waals surface area contributed by atoms with Gasteiger partial charge in [0.25, 0.3) is 11.8 Å². The number of amidine groups is 2. The zero-order chi connectivity index (χ0) is 50.6. The normalized spacial score (nSPS) is 14.7. The lowest BCUT2D eigenvalue weighted by Gasteiger charge is -2.22. The molecule has 9 N–H and O–H groups in total. The second-order valence-corrected chi connectivity index (χ2v) is 18.0. The third-order valence-corrected chi connectivity index (χ3v) is 12.4. The van der Waals surface area contributed by atoms with Crippen molar-refractivity contribution in [3.8, 4) is 0 Å². The van der Waals surface area contributed by atoms with E-state index < -0.39 is 11.7 Å². The Hall–Kier alpha value is -7.15. The lowest BCUT2D eigenvalue weighted by Crippen LogP contribution is -2.34. The van der Waals surface area contributed by atoms with Crippen molar-refractivity contribution >= 4 is 70.2 Å². The Morgan fingerprint density at radius 1 is 0.648 bits per heavy atom. The van der Waals surface area contributed by atoms with Crippen LogP contribution in [0.4, 0.5) is 27.1 Å². The van der Waals surface area contributed by atoms with Gasteiger partial charge in [-0.2, -0.15) is 0 Å². The fraction of sp³-hybridized carbons (Fsp3) is 0.396. The van der Waals surface area contributed by atoms with Gasteiger partial charge in [-0.25, -0.2) is 14.4 Å². The summed E-state index contributed by atoms with van der Waals surface area (Å²) in [4.78, 5) is 73.9. The van der Waals surface area contributed by atoms with Crippen LogP contribution in [0.25, 0.3) is 12.2 Å². The van der Waals surface area contributed by atoms with Crippen LogP contribution in [0.15, 0.2) is 69.9 Å². The van der Waals surface area contributed by atoms with Crippen LogP contribution in [0.3, 0.4) is 0 Å². The van der Waals surface area contributed by atoms with Crippen molar-refractivity contribution in [3.63, 3.8) is 0 Å². The van der Waals surface area contributed by atoms with E-state index >= 15 is 4.39 Å². The van der Waals surface area contributed by atoms with Crippen molar-refractivity contribution < 1.29 is 28.7 Å². The van der Waals surface area contributed by atoms with Gasteiger partial charge in [-0.05, 0) is 90.9 Å². The lowest BCUT2D eigenvalue weighted by atomic mass is 9.99. The standard InChI is InChI=1S/C27H34N6O3.C26H31FN6O2/c1-3-7-33(8-4-2)27(36)18-9-17-10-20(16-34)22(13-24(17)32-25(28)12-18)26(35)31-21-11-19-14-29-6-5-23(19)30-15-21;1-3-7-33(8-4-2)26(35)17-9-16-11-21(27)20(13-23(16)32-24(28)12-17)25(34)31-19-10-18-14-29-6-5-22(18)30-15-19/h9-11,13,15,29,34H,3-8,12,14,16H2,1-2H3,(H2,28,32)(H,31,35);9-11,13,15,29H,3-8,12,14H2,1-2H3,(H2,28,32)(H,31,34). The number of nitrogens with zero attached hydrogens (tertiary/aromatic N) is 6. The number of pyridine rings is 2. The summed E-state index contributed by atoms with van der Waals surface area (Å²) < 4.78 is 15.1. The molecule has 0 aliphatic carbocycles. The maximum atomic E-state index is 15.1. The summed E-state index contributed by atoms with van der Waals surface area (Å²) in [6.07, 6.45) is 12.1. The first-order chi connectivity index (χ1) is 34.3. The van der Waals surface area contributed by atoms with Crippen molar-refractivity contribution in [2.45, 2.75) is 98.8 Å². The Balaban J connectivity index is 0.000000209. The molecular formula is C53H65FN12O5. The number of carbonyl (C=O) groups is 4. The van der Waals surface area contributed by atoms with Gasteiger partial charge < -0.3 is 47.6 Å². The van der Waals surface area contributed by atoms with E-state index in [2.05, 4.69) is 41.2 Å². The first kappa shape index (κ1) is 51.7. The van der Waals surface area contributed by atoms with E-state index in [9.17, 15) is 24.3 Å². The smallest absolute Gasteiger partial charge is 0.258 e. The van der Waals surface area contributed by atoms with Gasteiger partial charge in [0.05, 0.1) is 47.3 Å². The number of nitrogens with one attached hydrogen (secondary N) is 4. The molecule has 4 amide bonds. The van der Waals surface area contributed by atoms with E-state index in [-0.39, 0.29) is 48.6 Å². The molecule has 17 nitrogen and oxygen atoms in total. The summed E-state index contributed by atoms with van der Waals surface area (Å²) in [5.74, 6) is -1.33. The summed E-state index contributed by atoms with van der Waals surface area (Å²) in [5, 5.41) is 22.2. The summed E-state index contributed by atoms with van der Waals surface area (Å²) in [6.45, 7) is 13.5. The molecular weight excluding hydrogens is 904 g/mol. The molecule has 0 radical (unpaired) electrons. The number of hydrogen-bond donors (Lipinski definition) is 7. The molecule has 6 heterocycles. The Labute approximate surface area is 414 Å². The molecule has 0 atom stereocenters. The minimum absolute atomic E-state index is 0.0635. The highest BCUT2D eigenvalue weighted by Crippen LogP contribution is 2.33. The molecule has 4 aromatic rings. The van der Waals surface area contributed by atoms with Crippen LogP contribution in [0.5, 0.6) is 0 Å². The number of aromatic nitrogens is 2. The molecule has 2 aromatic heterocycles. The number of hydrogen-bond acceptors (Lipinski definition) is 13. The second kappa shape index (κ2) is 24.1. The SMILES string of the molecule is CCCN(CCC)C(=O)C1=Cc2cc(CO)c(C(=O)Nc3cnc4c(c3)CNCC4)cc2N=C(N)C1.CCCN(CCC)C(=O)C1=Cc2cc(F)c(C(=O)Nc3cnc4c(c3)CNCC4)cc2N=C(N)C1. The van der Waals surface area contributed by atoms with Gasteiger partial charge in [0.15, 0.2) is 0 Å². The van der Waals surface area contributed by atoms with E-state index in [1.807, 2.05) is 44.7 Å². The fourth-order valence-corrected chi connectivity index (χ4v) is 9.04. The van der Waals surface area contributed by atoms with Crippen LogP contribution < -0.4 is 32.7 Å². The molecule has 4 aliphatic rings. The zero-order valence-electron chi connectivity index (χ0n) is 41.1. The van der Waals surface area contributed by atoms with Crippen LogP contribution in [-0.4, -0.2) is 99.4 Å². The predicted molar refractivity (Wildman–Crippen MR) is 276 cm³/mol. The van der Waals surface area contributed by atoms with E-state index in [1.165, 1.54) is 12.1 Å². The Morgan fingerprint density at radius 3 is 1.54 bits per heavy atom. The van der Waals surface area contributed by atoms with E-state index in [4.69, 9.17) is 11.5 Å². The topological polar surface area (TPSA) is 246 Å². The molecule has 0 fully saturated rings. The molecule has 8 rings (SSSR count). The first-order valence-corrected chi connectivity index (χ1v) is 24.6. The van der Waals surface area contributed by atoms with Crippen molar-refractivity contribution in [1.82, 2.24) is 30.4 Å². The molecule has 4 aliphatic heterocycles. The van der Waals surface area contributed by atoms with Crippen LogP contribution in [0, 0.1) is 5.82 Å². The van der Waals surface area contributed by atoms with Crippen molar-refractivity contribution in [2.75, 3.05) is 49.9 Å². The number of rotatable bonds is 15. The average molecular weight is 969 g/mol. The maximum absolute atomic E-state index is 15.1. The zero-order valence-corrected chi connectivity index (χ0v) is 41.1. The number of aliphatic hydroxyl groups excluding tert-OH is 1. The predicted octanol–water partition coefficient (Wildman–Crippen LogP) is 6.44. The van der Waals surface area contributed by atoms with Crippen LogP contribution in [0.1, 0.15) is 126 Å². The molecule has 2 aromatic carbocycles. The van der Waals surface area contributed by atoms with Gasteiger partial charge >= 0.3 is 0 Å². The van der Waals surface area contributed by atoms with Crippen LogP contribution in [0.2, 0.25) is 0 Å². The summed E-state index contributed by atoms with van der Waals surface area (Å²) in [6, 6.07) is 9.71. The molecule has 71 heavy (non-hydrogen) atoms. The Bertz CT molecular complexity index is 2790. The monoisotopic (exact) mass is 969 g/mol. The fourth-order valence-electron chi connectivity index (χ4n) is 9.04. The maximum Gasteiger partial charge on any atom is 0.258 e. The number of fused-ring (bicyclic) bond motifs is 4. The van der Waals surface area contributed by atoms with Crippen molar-refractivity contribution in [1.29, 1.82) is 0 Å². The summed E-state index contributed by atoms with van der Waals surface area (Å²) >= 11 is 0. The Morgan fingerprint density at radius 2 is 1.08 bits per heavy atom. The van der Waals surface area contributed by atoms with Gasteiger partial charge in [0.1, 0.15) is 17.5 Å². The van der Waals surface area contributed by atoms with Crippen molar-refractivity contribution in [3.05, 3.63) is 116 Å². The quantitative estimate of drug-likeness (QED) is 0.0684. The molecule has 0 bridgehead atoms. The number of nitrogens with two attached hydrogens (primary N) is 2. The highest BCUT2D eigenvalue weighted by Gasteiger charge is 2.26. The van der Waals surface area contributed by atoms with Gasteiger partial charge in [0, 0.05) is 117 Å². The van der Waals surface area contributed by atoms with Gasteiger partial charge in [0.2, 0.25) is 11.8 Å². The van der Waals surface area contributed by atoms with Crippen molar-refractivity contribution in [2.24, 2.45) is 21.5 Å². The molecule has 18 heteroatoms. The van der Waals surface area contributed by atoms with Crippen LogP contribution in [-0.2, 0) is 42.1 Å². The number of halogens is 1. The summed E-state index contributed by atoms with van der Waals surface area (Å²) in [5.41, 5.74) is 21.0. The second-order valence-electron chi connectivity index (χ2n) is 18.0. The lowest BCUT2D eigenvalue weighted by molar-refractivity contribution is -0.128. The molecule has 0 saturated heterocycles. The van der Waals surface area contributed by atoms with Gasteiger partial charge in [-0.3, -0.25) is 29.1 Å². The highest BCUT2D eigenvalue weighted by atomic mass is 19.1. The first-order valence-electron chi connectivity index (χ1n) is 24.6. The van der Waals surface area contributed by atoms with Crippen LogP contribution >= 0.6 is 0 Å². The van der Waals surface area contributed by atoms with Gasteiger partial charge in [-0.15, -0.1) is 0 Å². The number of amides is 4. The third-order valence-electron chi connectivity index (χ3n) is 12.4. The number of aliphatic hydroxyl groups is 1. The number of benzene rings is 2. The average Bonchev–Trinajstić information content (AvgIpc) is 3.64. The number of carbonyl (C=O) groups excluding carboxylic acids is 4. The molecule has 0 saturated carbocycles. The number of anilines is 2. The minimum Gasteiger partial charge on any atom is -0.392 e. The molecule has 0 unspecified atom stereocenters. The third kappa shape index (κ3) is 12.8. The molecule has 0 spiro atoms. The van der Waals surface area contributed by atoms with E-state index in [0.717, 1.165) is 74.1 Å².